The molecule has 5 aromatic rings. The molecule has 4 N–H and O–H groups in total. The zero-order valence-electron chi connectivity index (χ0n) is 21.2. The molecule has 0 amide bonds. The van der Waals surface area contributed by atoms with Crippen LogP contribution in [0.2, 0.25) is 0 Å². The lowest BCUT2D eigenvalue weighted by Crippen LogP contribution is -2.26. The van der Waals surface area contributed by atoms with E-state index in [4.69, 9.17) is 14.9 Å². The third kappa shape index (κ3) is 6.80. The molecule has 2 heterocycles. The second kappa shape index (κ2) is 12.1. The third-order valence-electron chi connectivity index (χ3n) is 6.17. The van der Waals surface area contributed by atoms with Crippen LogP contribution in [0.1, 0.15) is 11.1 Å². The van der Waals surface area contributed by atoms with Crippen LogP contribution in [0.25, 0.3) is 22.2 Å². The van der Waals surface area contributed by atoms with Crippen LogP contribution in [0.3, 0.4) is 0 Å². The zero-order chi connectivity index (χ0) is 27.1. The van der Waals surface area contributed by atoms with Gasteiger partial charge in [0, 0.05) is 35.3 Å². The Hall–Kier alpha value is -4.25. The number of hydrogen-bond acceptors (Lipinski definition) is 9. The van der Waals surface area contributed by atoms with Crippen molar-refractivity contribution >= 4 is 32.2 Å². The minimum absolute atomic E-state index is 0.0147. The molecule has 10 heteroatoms. The largest absolute Gasteiger partial charge is 0.489 e. The molecule has 5 rings (SSSR count). The number of anilines is 2. The van der Waals surface area contributed by atoms with Gasteiger partial charge in [-0.2, -0.15) is 0 Å². The number of nitrogens with zero attached hydrogens (tertiary/aromatic N) is 2. The molecule has 3 aromatic carbocycles. The molecule has 0 fully saturated rings. The topological polar surface area (TPSA) is 132 Å². The van der Waals surface area contributed by atoms with E-state index < -0.39 is 9.84 Å². The minimum atomic E-state index is -3.23. The Balaban J connectivity index is 1.29. The van der Waals surface area contributed by atoms with Crippen molar-refractivity contribution in [2.24, 2.45) is 5.73 Å². The van der Waals surface area contributed by atoms with Gasteiger partial charge in [0.05, 0.1) is 23.4 Å². The first-order chi connectivity index (χ1) is 19.0. The fourth-order valence-electron chi connectivity index (χ4n) is 4.07. The van der Waals surface area contributed by atoms with Crippen LogP contribution < -0.4 is 21.1 Å². The Morgan fingerprint density at radius 3 is 2.56 bits per heavy atom. The van der Waals surface area contributed by atoms with Crippen LogP contribution in [0.15, 0.2) is 95.9 Å². The average Bonchev–Trinajstić information content (AvgIpc) is 3.44. The molecular weight excluding hydrogens is 514 g/mol. The number of nitrogens with one attached hydrogen (secondary N) is 2. The molecule has 0 saturated heterocycles. The third-order valence-corrected chi connectivity index (χ3v) is 7.50. The number of nitrogens with two attached hydrogens (primary N) is 1. The summed E-state index contributed by atoms with van der Waals surface area (Å²) >= 11 is 0. The molecular formula is C29H29N5O4S. The molecule has 39 heavy (non-hydrogen) atoms. The average molecular weight is 544 g/mol. The Morgan fingerprint density at radius 2 is 1.77 bits per heavy atom. The van der Waals surface area contributed by atoms with Gasteiger partial charge in [-0.05, 0) is 54.1 Å². The minimum Gasteiger partial charge on any atom is -0.489 e. The maximum absolute atomic E-state index is 11.6. The molecule has 0 aliphatic heterocycles. The molecule has 0 bridgehead atoms. The molecule has 0 radical (unpaired) electrons. The first-order valence-electron chi connectivity index (χ1n) is 12.5. The maximum Gasteiger partial charge on any atom is 0.164 e. The van der Waals surface area contributed by atoms with E-state index in [2.05, 4.69) is 20.6 Å². The van der Waals surface area contributed by atoms with Crippen molar-refractivity contribution in [1.29, 1.82) is 0 Å². The second-order valence-electron chi connectivity index (χ2n) is 8.94. The lowest BCUT2D eigenvalue weighted by molar-refractivity contribution is 0.306. The first kappa shape index (κ1) is 26.4. The summed E-state index contributed by atoms with van der Waals surface area (Å²) in [6, 6.07) is 25.5. The van der Waals surface area contributed by atoms with Crippen molar-refractivity contribution in [1.82, 2.24) is 15.3 Å². The molecule has 200 valence electrons. The fourth-order valence-corrected chi connectivity index (χ4v) is 4.69. The van der Waals surface area contributed by atoms with Crippen molar-refractivity contribution < 1.29 is 17.6 Å². The zero-order valence-corrected chi connectivity index (χ0v) is 22.0. The molecule has 2 aromatic heterocycles. The van der Waals surface area contributed by atoms with E-state index in [0.717, 1.165) is 39.0 Å². The number of furan rings is 1. The van der Waals surface area contributed by atoms with Crippen LogP contribution in [0.4, 0.5) is 11.5 Å². The van der Waals surface area contributed by atoms with Gasteiger partial charge in [0.1, 0.15) is 30.3 Å². The van der Waals surface area contributed by atoms with Crippen LogP contribution in [0, 0.1) is 0 Å². The van der Waals surface area contributed by atoms with Crippen LogP contribution in [0.5, 0.6) is 5.75 Å². The Bertz CT molecular complexity index is 1640. The van der Waals surface area contributed by atoms with Crippen molar-refractivity contribution in [3.05, 3.63) is 103 Å². The highest BCUT2D eigenvalue weighted by Crippen LogP contribution is 2.31. The summed E-state index contributed by atoms with van der Waals surface area (Å²) in [6.45, 7) is 1.27. The number of hydrogen-bond donors (Lipinski definition) is 3. The van der Waals surface area contributed by atoms with E-state index in [1.165, 1.54) is 6.33 Å². The Morgan fingerprint density at radius 1 is 0.949 bits per heavy atom. The van der Waals surface area contributed by atoms with Crippen LogP contribution >= 0.6 is 0 Å². The summed E-state index contributed by atoms with van der Waals surface area (Å²) in [4.78, 5) is 8.88. The van der Waals surface area contributed by atoms with Gasteiger partial charge >= 0.3 is 0 Å². The number of ether oxygens (including phenoxy) is 1. The van der Waals surface area contributed by atoms with Gasteiger partial charge in [-0.15, -0.1) is 0 Å². The standard InChI is InChI=1S/C29H29N5O4S/c30-19-39(35,36)15-13-31-17-23-12-14-37-28(23)22-6-11-27-26(16-22)29(33-20-32-27)34-24-7-9-25(10-8-24)38-18-21-4-2-1-3-5-21/h1-12,14,16,20,31H,13,15,17-19,30H2,(H,32,33,34). The highest BCUT2D eigenvalue weighted by molar-refractivity contribution is 7.91. The Kier molecular flexibility index (Phi) is 8.16. The lowest BCUT2D eigenvalue weighted by Gasteiger charge is -2.11. The predicted molar refractivity (Wildman–Crippen MR) is 152 cm³/mol. The summed E-state index contributed by atoms with van der Waals surface area (Å²) < 4.78 is 34.9. The van der Waals surface area contributed by atoms with Gasteiger partial charge in [-0.3, -0.25) is 0 Å². The van der Waals surface area contributed by atoms with Crippen LogP contribution in [-0.2, 0) is 23.0 Å². The number of benzene rings is 3. The number of rotatable bonds is 12. The monoisotopic (exact) mass is 543 g/mol. The van der Waals surface area contributed by atoms with Gasteiger partial charge in [0.2, 0.25) is 0 Å². The van der Waals surface area contributed by atoms with Crippen molar-refractivity contribution in [2.75, 3.05) is 23.5 Å². The molecule has 0 aliphatic carbocycles. The highest BCUT2D eigenvalue weighted by Gasteiger charge is 2.13. The van der Waals surface area contributed by atoms with Crippen molar-refractivity contribution in [3.63, 3.8) is 0 Å². The fraction of sp³-hybridized carbons (Fsp3) is 0.172. The first-order valence-corrected chi connectivity index (χ1v) is 14.3. The number of aromatic nitrogens is 2. The molecule has 0 saturated carbocycles. The summed E-state index contributed by atoms with van der Waals surface area (Å²) in [5.41, 5.74) is 9.81. The van der Waals surface area contributed by atoms with E-state index in [0.29, 0.717) is 31.3 Å². The highest BCUT2D eigenvalue weighted by atomic mass is 32.2. The normalized spacial score (nSPS) is 11.5. The van der Waals surface area contributed by atoms with Gasteiger partial charge < -0.3 is 25.5 Å². The van der Waals surface area contributed by atoms with E-state index >= 15 is 0 Å². The SMILES string of the molecule is NCS(=O)(=O)CCNCc1ccoc1-c1ccc2ncnc(Nc3ccc(OCc4ccccc4)cc3)c2c1. The van der Waals surface area contributed by atoms with Gasteiger partial charge in [0.25, 0.3) is 0 Å². The van der Waals surface area contributed by atoms with E-state index in [1.807, 2.05) is 78.9 Å². The molecule has 0 atom stereocenters. The van der Waals surface area contributed by atoms with Gasteiger partial charge in [-0.1, -0.05) is 30.3 Å². The summed E-state index contributed by atoms with van der Waals surface area (Å²) in [6.07, 6.45) is 3.15. The number of sulfone groups is 1. The van der Waals surface area contributed by atoms with E-state index in [9.17, 15) is 8.42 Å². The summed E-state index contributed by atoms with van der Waals surface area (Å²) in [5, 5.41) is 7.37. The summed E-state index contributed by atoms with van der Waals surface area (Å²) in [7, 11) is -3.23. The van der Waals surface area contributed by atoms with Crippen molar-refractivity contribution in [2.45, 2.75) is 13.2 Å². The molecule has 0 spiro atoms. The molecule has 0 unspecified atom stereocenters. The van der Waals surface area contributed by atoms with Gasteiger partial charge in [0.15, 0.2) is 9.84 Å². The Labute approximate surface area is 227 Å². The summed E-state index contributed by atoms with van der Waals surface area (Å²) in [5.74, 6) is 1.77. The molecule has 0 aliphatic rings. The quantitative estimate of drug-likeness (QED) is 0.193. The smallest absolute Gasteiger partial charge is 0.164 e. The predicted octanol–water partition coefficient (Wildman–Crippen LogP) is 4.63. The van der Waals surface area contributed by atoms with Crippen LogP contribution in [-0.4, -0.2) is 36.6 Å². The van der Waals surface area contributed by atoms with E-state index in [-0.39, 0.29) is 11.6 Å². The maximum atomic E-state index is 11.6. The van der Waals surface area contributed by atoms with E-state index in [1.54, 1.807) is 6.26 Å². The molecule has 9 nitrogen and oxygen atoms in total. The number of fused-ring (bicyclic) bond motifs is 1. The lowest BCUT2D eigenvalue weighted by atomic mass is 10.1. The van der Waals surface area contributed by atoms with Gasteiger partial charge in [-0.25, -0.2) is 18.4 Å². The second-order valence-corrected chi connectivity index (χ2v) is 11.2. The van der Waals surface area contributed by atoms with Crippen molar-refractivity contribution in [3.8, 4) is 17.1 Å².